The van der Waals surface area contributed by atoms with Crippen LogP contribution in [-0.2, 0) is 9.59 Å². The van der Waals surface area contributed by atoms with Crippen molar-refractivity contribution in [3.63, 3.8) is 0 Å². The van der Waals surface area contributed by atoms with Gasteiger partial charge < -0.3 is 10.2 Å². The third-order valence-corrected chi connectivity index (χ3v) is 8.72. The lowest BCUT2D eigenvalue weighted by Crippen LogP contribution is -2.59. The molecule has 0 heterocycles. The first kappa shape index (κ1) is 17.4. The molecule has 0 spiro atoms. The van der Waals surface area contributed by atoms with Crippen molar-refractivity contribution >= 4 is 11.6 Å². The van der Waals surface area contributed by atoms with Gasteiger partial charge in [0.05, 0.1) is 6.10 Å². The molecule has 138 valence electrons. The van der Waals surface area contributed by atoms with E-state index in [9.17, 15) is 19.8 Å². The van der Waals surface area contributed by atoms with Gasteiger partial charge in [0, 0.05) is 11.8 Å². The molecule has 4 heteroatoms. The van der Waals surface area contributed by atoms with E-state index in [0.717, 1.165) is 32.1 Å². The molecule has 3 fully saturated rings. The second-order valence-corrected chi connectivity index (χ2v) is 9.50. The van der Waals surface area contributed by atoms with Crippen molar-refractivity contribution in [3.8, 4) is 0 Å². The summed E-state index contributed by atoms with van der Waals surface area (Å²) in [6.07, 6.45) is 6.66. The zero-order valence-electron chi connectivity index (χ0n) is 15.5. The molecule has 0 aromatic carbocycles. The highest BCUT2D eigenvalue weighted by Gasteiger charge is 2.69. The quantitative estimate of drug-likeness (QED) is 0.766. The molecule has 7 atom stereocenters. The van der Waals surface area contributed by atoms with Gasteiger partial charge in [0.25, 0.3) is 0 Å². The van der Waals surface area contributed by atoms with Gasteiger partial charge in [-0.1, -0.05) is 19.4 Å². The van der Waals surface area contributed by atoms with E-state index in [-0.39, 0.29) is 22.9 Å². The molecular weight excluding hydrogens is 316 g/mol. The molecular formula is C21H30O4. The molecule has 0 unspecified atom stereocenters. The van der Waals surface area contributed by atoms with Crippen LogP contribution in [0.5, 0.6) is 0 Å². The van der Waals surface area contributed by atoms with Crippen molar-refractivity contribution in [2.75, 3.05) is 0 Å². The van der Waals surface area contributed by atoms with Gasteiger partial charge in [0.2, 0.25) is 0 Å². The smallest absolute Gasteiger partial charge is 0.164 e. The van der Waals surface area contributed by atoms with E-state index in [4.69, 9.17) is 0 Å². The third kappa shape index (κ3) is 2.01. The number of hydrogen-bond donors (Lipinski definition) is 2. The van der Waals surface area contributed by atoms with Gasteiger partial charge >= 0.3 is 0 Å². The van der Waals surface area contributed by atoms with E-state index in [1.165, 1.54) is 12.5 Å². The van der Waals surface area contributed by atoms with Crippen LogP contribution in [0.25, 0.3) is 0 Å². The summed E-state index contributed by atoms with van der Waals surface area (Å²) in [6, 6.07) is 0. The predicted molar refractivity (Wildman–Crippen MR) is 93.7 cm³/mol. The van der Waals surface area contributed by atoms with E-state index >= 15 is 0 Å². The maximum absolute atomic E-state index is 12.3. The summed E-state index contributed by atoms with van der Waals surface area (Å²) in [7, 11) is 0. The SMILES string of the molecule is CC(=O)[C@@]1(O)[C@H](O)C[C@@H]2[C@@H]3CCC4=CC(=O)CC[C@]4(C)[C@H]3CC[C@]21C. The molecule has 3 saturated carbocycles. The number of hydrogen-bond acceptors (Lipinski definition) is 4. The van der Waals surface area contributed by atoms with Gasteiger partial charge in [-0.15, -0.1) is 0 Å². The molecule has 4 aliphatic carbocycles. The van der Waals surface area contributed by atoms with Crippen LogP contribution >= 0.6 is 0 Å². The van der Waals surface area contributed by atoms with Crippen LogP contribution in [0.4, 0.5) is 0 Å². The van der Waals surface area contributed by atoms with Crippen LogP contribution in [0.3, 0.4) is 0 Å². The molecule has 0 aromatic heterocycles. The van der Waals surface area contributed by atoms with E-state index < -0.39 is 17.1 Å². The zero-order valence-corrected chi connectivity index (χ0v) is 15.5. The Morgan fingerprint density at radius 3 is 2.56 bits per heavy atom. The van der Waals surface area contributed by atoms with Crippen molar-refractivity contribution in [2.24, 2.45) is 28.6 Å². The lowest BCUT2D eigenvalue weighted by atomic mass is 9.46. The van der Waals surface area contributed by atoms with Crippen LogP contribution in [0.2, 0.25) is 0 Å². The number of rotatable bonds is 1. The lowest BCUT2D eigenvalue weighted by Gasteiger charge is -2.58. The number of carbonyl (C=O) groups excluding carboxylic acids is 2. The van der Waals surface area contributed by atoms with Crippen LogP contribution in [0.1, 0.15) is 65.7 Å². The number of Topliss-reactive ketones (excluding diaryl/α,β-unsaturated/α-hetero) is 1. The average Bonchev–Trinajstić information content (AvgIpc) is 2.77. The summed E-state index contributed by atoms with van der Waals surface area (Å²) in [4.78, 5) is 24.1. The number of aliphatic hydroxyl groups is 2. The molecule has 0 radical (unpaired) electrons. The Bertz CT molecular complexity index is 667. The highest BCUT2D eigenvalue weighted by molar-refractivity contribution is 5.91. The minimum Gasteiger partial charge on any atom is -0.390 e. The number of carbonyl (C=O) groups is 2. The summed E-state index contributed by atoms with van der Waals surface area (Å²) in [5.74, 6) is 1.03. The minimum absolute atomic E-state index is 0.0695. The van der Waals surface area contributed by atoms with E-state index in [2.05, 4.69) is 6.92 Å². The van der Waals surface area contributed by atoms with E-state index in [0.29, 0.717) is 24.7 Å². The maximum Gasteiger partial charge on any atom is 0.164 e. The summed E-state index contributed by atoms with van der Waals surface area (Å²) in [5.41, 5.74) is -0.766. The van der Waals surface area contributed by atoms with E-state index in [1.807, 2.05) is 13.0 Å². The molecule has 4 nitrogen and oxygen atoms in total. The maximum atomic E-state index is 12.3. The molecule has 2 N–H and O–H groups in total. The van der Waals surface area contributed by atoms with Crippen molar-refractivity contribution < 1.29 is 19.8 Å². The Morgan fingerprint density at radius 2 is 1.88 bits per heavy atom. The molecule has 0 aliphatic heterocycles. The van der Waals surface area contributed by atoms with Gasteiger partial charge in [0.15, 0.2) is 17.2 Å². The molecule has 0 amide bonds. The molecule has 4 rings (SSSR count). The first-order chi connectivity index (χ1) is 11.6. The van der Waals surface area contributed by atoms with Crippen molar-refractivity contribution in [2.45, 2.75) is 77.4 Å². The van der Waals surface area contributed by atoms with Gasteiger partial charge in [-0.25, -0.2) is 0 Å². The van der Waals surface area contributed by atoms with Crippen molar-refractivity contribution in [1.82, 2.24) is 0 Å². The Balaban J connectivity index is 1.72. The highest BCUT2D eigenvalue weighted by atomic mass is 16.4. The Kier molecular flexibility index (Phi) is 3.66. The molecule has 4 aliphatic rings. The largest absolute Gasteiger partial charge is 0.390 e. The topological polar surface area (TPSA) is 74.6 Å². The Labute approximate surface area is 149 Å². The van der Waals surface area contributed by atoms with Crippen LogP contribution < -0.4 is 0 Å². The molecule has 0 saturated heterocycles. The highest BCUT2D eigenvalue weighted by Crippen LogP contribution is 2.67. The van der Waals surface area contributed by atoms with E-state index in [1.54, 1.807) is 0 Å². The fourth-order valence-corrected chi connectivity index (χ4v) is 7.22. The van der Waals surface area contributed by atoms with Gasteiger partial charge in [0.1, 0.15) is 0 Å². The first-order valence-electron chi connectivity index (χ1n) is 9.80. The normalized spacial score (nSPS) is 52.0. The third-order valence-electron chi connectivity index (χ3n) is 8.72. The minimum atomic E-state index is -1.61. The fourth-order valence-electron chi connectivity index (χ4n) is 7.22. The van der Waals surface area contributed by atoms with Crippen molar-refractivity contribution in [3.05, 3.63) is 11.6 Å². The number of allylic oxidation sites excluding steroid dienone is 1. The number of aliphatic hydroxyl groups excluding tert-OH is 1. The lowest BCUT2D eigenvalue weighted by molar-refractivity contribution is -0.173. The summed E-state index contributed by atoms with van der Waals surface area (Å²) >= 11 is 0. The molecule has 0 aromatic rings. The standard InChI is InChI=1S/C21H30O4/c1-12(22)21(25)18(24)11-17-15-5-4-13-10-14(23)6-8-19(13,2)16(15)7-9-20(17,21)3/h10,15-18,24-25H,4-9,11H2,1-3H3/t15-,16+,17-,18-,19+,20-,21-/m1/s1. The van der Waals surface area contributed by atoms with Crippen LogP contribution in [-0.4, -0.2) is 33.5 Å². The summed E-state index contributed by atoms with van der Waals surface area (Å²) < 4.78 is 0. The summed E-state index contributed by atoms with van der Waals surface area (Å²) in [6.45, 7) is 5.75. The monoisotopic (exact) mass is 346 g/mol. The fraction of sp³-hybridized carbons (Fsp3) is 0.810. The number of ketones is 2. The van der Waals surface area contributed by atoms with Crippen molar-refractivity contribution in [1.29, 1.82) is 0 Å². The second-order valence-electron chi connectivity index (χ2n) is 9.50. The second kappa shape index (κ2) is 5.26. The zero-order chi connectivity index (χ0) is 18.2. The first-order valence-corrected chi connectivity index (χ1v) is 9.80. The van der Waals surface area contributed by atoms with Crippen LogP contribution in [0.15, 0.2) is 11.6 Å². The van der Waals surface area contributed by atoms with Crippen LogP contribution in [0, 0.1) is 28.6 Å². The molecule has 25 heavy (non-hydrogen) atoms. The van der Waals surface area contributed by atoms with Gasteiger partial charge in [-0.2, -0.15) is 0 Å². The van der Waals surface area contributed by atoms with Gasteiger partial charge in [-0.05, 0) is 74.7 Å². The average molecular weight is 346 g/mol. The summed E-state index contributed by atoms with van der Waals surface area (Å²) in [5, 5.41) is 21.8. The Hall–Kier alpha value is -1.00. The number of fused-ring (bicyclic) bond motifs is 5. The molecule has 0 bridgehead atoms. The Morgan fingerprint density at radius 1 is 1.16 bits per heavy atom. The predicted octanol–water partition coefficient (Wildman–Crippen LogP) is 2.81. The van der Waals surface area contributed by atoms with Gasteiger partial charge in [-0.3, -0.25) is 9.59 Å².